The van der Waals surface area contributed by atoms with Crippen LogP contribution < -0.4 is 0 Å². The lowest BCUT2D eigenvalue weighted by Crippen LogP contribution is -2.17. The molecule has 2 nitrogen and oxygen atoms in total. The van der Waals surface area contributed by atoms with Crippen LogP contribution in [0.1, 0.15) is 16.8 Å². The van der Waals surface area contributed by atoms with Crippen molar-refractivity contribution in [3.63, 3.8) is 0 Å². The molecule has 1 aromatic rings. The summed E-state index contributed by atoms with van der Waals surface area (Å²) in [5.74, 6) is 1.85. The molecule has 1 aliphatic carbocycles. The van der Waals surface area contributed by atoms with E-state index in [1.54, 1.807) is 30.3 Å². The number of ether oxygens (including phenoxy) is 1. The Hall–Kier alpha value is -1.34. The minimum atomic E-state index is -1.47. The van der Waals surface area contributed by atoms with Crippen molar-refractivity contribution < 1.29 is 13.9 Å². The van der Waals surface area contributed by atoms with Crippen LogP contribution in [0.15, 0.2) is 30.3 Å². The third kappa shape index (κ3) is 2.86. The van der Waals surface area contributed by atoms with E-state index in [0.717, 1.165) is 0 Å². The standard InChI is InChI=1S/C13H10BrFO2/c14-7-6-11-8-13(11,15)9-17-12(16)10-4-2-1-3-5-10/h1-5,11H,8-9H2/t11-,13?/m0/s1. The molecular formula is C13H10BrFO2. The Bertz CT molecular complexity index is 477. The average molecular weight is 297 g/mol. The first-order valence-electron chi connectivity index (χ1n) is 5.18. The Morgan fingerprint density at radius 1 is 1.53 bits per heavy atom. The molecule has 1 fully saturated rings. The Kier molecular flexibility index (Phi) is 3.49. The second-order valence-corrected chi connectivity index (χ2v) is 4.37. The number of carbonyl (C=O) groups excluding carboxylic acids is 1. The van der Waals surface area contributed by atoms with Crippen LogP contribution in [-0.4, -0.2) is 18.2 Å². The second-order valence-electron chi connectivity index (χ2n) is 3.97. The molecule has 2 rings (SSSR count). The molecule has 17 heavy (non-hydrogen) atoms. The van der Waals surface area contributed by atoms with Gasteiger partial charge in [-0.1, -0.05) is 24.1 Å². The normalized spacial score (nSPS) is 25.6. The third-order valence-corrected chi connectivity index (χ3v) is 2.92. The molecule has 0 radical (unpaired) electrons. The highest BCUT2D eigenvalue weighted by Crippen LogP contribution is 2.47. The zero-order valence-electron chi connectivity index (χ0n) is 8.95. The SMILES string of the molecule is O=C(OCC1(F)C[C@@H]1C#CBr)c1ccccc1. The van der Waals surface area contributed by atoms with E-state index in [1.165, 1.54) is 0 Å². The van der Waals surface area contributed by atoms with Gasteiger partial charge in [-0.2, -0.15) is 0 Å². The maximum Gasteiger partial charge on any atom is 0.338 e. The number of halogens is 2. The first kappa shape index (κ1) is 12.1. The van der Waals surface area contributed by atoms with Gasteiger partial charge in [0.1, 0.15) is 6.61 Å². The largest absolute Gasteiger partial charge is 0.459 e. The van der Waals surface area contributed by atoms with E-state index in [2.05, 4.69) is 26.7 Å². The van der Waals surface area contributed by atoms with Gasteiger partial charge in [-0.25, -0.2) is 9.18 Å². The summed E-state index contributed by atoms with van der Waals surface area (Å²) < 4.78 is 18.8. The Balaban J connectivity index is 1.87. The number of esters is 1. The van der Waals surface area contributed by atoms with Gasteiger partial charge < -0.3 is 4.74 Å². The molecule has 1 aromatic carbocycles. The number of carbonyl (C=O) groups is 1. The van der Waals surface area contributed by atoms with E-state index in [-0.39, 0.29) is 12.5 Å². The minimum absolute atomic E-state index is 0.229. The Morgan fingerprint density at radius 3 is 2.88 bits per heavy atom. The topological polar surface area (TPSA) is 26.3 Å². The first-order chi connectivity index (χ1) is 8.15. The van der Waals surface area contributed by atoms with E-state index >= 15 is 0 Å². The first-order valence-corrected chi connectivity index (χ1v) is 5.97. The molecule has 0 amide bonds. The summed E-state index contributed by atoms with van der Waals surface area (Å²) in [6, 6.07) is 8.54. The predicted octanol–water partition coefficient (Wildman–Crippen LogP) is 2.93. The van der Waals surface area contributed by atoms with Crippen LogP contribution in [0, 0.1) is 16.7 Å². The van der Waals surface area contributed by atoms with Gasteiger partial charge in [0.25, 0.3) is 0 Å². The highest BCUT2D eigenvalue weighted by Gasteiger charge is 2.56. The maximum atomic E-state index is 13.8. The van der Waals surface area contributed by atoms with Gasteiger partial charge in [0.15, 0.2) is 5.67 Å². The molecular weight excluding hydrogens is 287 g/mol. The summed E-state index contributed by atoms with van der Waals surface area (Å²) in [6.45, 7) is -0.229. The van der Waals surface area contributed by atoms with Crippen LogP contribution in [0.25, 0.3) is 0 Å². The number of hydrogen-bond donors (Lipinski definition) is 0. The number of benzene rings is 1. The summed E-state index contributed by atoms with van der Waals surface area (Å²) in [7, 11) is 0. The van der Waals surface area contributed by atoms with Crippen LogP contribution in [0.5, 0.6) is 0 Å². The van der Waals surface area contributed by atoms with Crippen molar-refractivity contribution in [1.29, 1.82) is 0 Å². The van der Waals surface area contributed by atoms with Crippen LogP contribution >= 0.6 is 15.9 Å². The lowest BCUT2D eigenvalue weighted by molar-refractivity contribution is 0.0355. The minimum Gasteiger partial charge on any atom is -0.459 e. The fraction of sp³-hybridized carbons (Fsp3) is 0.308. The molecule has 0 aromatic heterocycles. The summed E-state index contributed by atoms with van der Waals surface area (Å²) >= 11 is 2.92. The van der Waals surface area contributed by atoms with E-state index < -0.39 is 11.6 Å². The van der Waals surface area contributed by atoms with Gasteiger partial charge in [-0.3, -0.25) is 0 Å². The van der Waals surface area contributed by atoms with Crippen LogP contribution in [0.2, 0.25) is 0 Å². The van der Waals surface area contributed by atoms with Crippen molar-refractivity contribution in [1.82, 2.24) is 0 Å². The van der Waals surface area contributed by atoms with Gasteiger partial charge in [0.05, 0.1) is 11.5 Å². The molecule has 0 bridgehead atoms. The Morgan fingerprint density at radius 2 is 2.24 bits per heavy atom. The third-order valence-electron chi connectivity index (χ3n) is 2.69. The molecule has 4 heteroatoms. The highest BCUT2D eigenvalue weighted by molar-refractivity contribution is 9.12. The zero-order valence-corrected chi connectivity index (χ0v) is 10.5. The molecule has 1 saturated carbocycles. The lowest BCUT2D eigenvalue weighted by atomic mass is 10.2. The highest BCUT2D eigenvalue weighted by atomic mass is 79.9. The van der Waals surface area contributed by atoms with Crippen LogP contribution in [0.4, 0.5) is 4.39 Å². The zero-order chi connectivity index (χ0) is 12.3. The number of rotatable bonds is 3. The molecule has 0 spiro atoms. The van der Waals surface area contributed by atoms with Gasteiger partial charge in [0, 0.05) is 22.4 Å². The van der Waals surface area contributed by atoms with E-state index in [1.807, 2.05) is 0 Å². The number of hydrogen-bond acceptors (Lipinski definition) is 2. The quantitative estimate of drug-likeness (QED) is 0.633. The Labute approximate surface area is 107 Å². The fourth-order valence-corrected chi connectivity index (χ4v) is 1.81. The molecule has 2 atom stereocenters. The smallest absolute Gasteiger partial charge is 0.338 e. The van der Waals surface area contributed by atoms with Crippen LogP contribution in [0.3, 0.4) is 0 Å². The monoisotopic (exact) mass is 296 g/mol. The summed E-state index contributed by atoms with van der Waals surface area (Å²) in [6.07, 6.45) is 0.327. The predicted molar refractivity (Wildman–Crippen MR) is 65.4 cm³/mol. The summed E-state index contributed by atoms with van der Waals surface area (Å²) in [5.41, 5.74) is -1.04. The van der Waals surface area contributed by atoms with Crippen molar-refractivity contribution in [3.8, 4) is 10.8 Å². The van der Waals surface area contributed by atoms with E-state index in [9.17, 15) is 9.18 Å². The maximum absolute atomic E-state index is 13.8. The molecule has 0 aliphatic heterocycles. The van der Waals surface area contributed by atoms with Crippen LogP contribution in [-0.2, 0) is 4.74 Å². The molecule has 88 valence electrons. The van der Waals surface area contributed by atoms with Gasteiger partial charge in [0.2, 0.25) is 0 Å². The second kappa shape index (κ2) is 4.89. The fourth-order valence-electron chi connectivity index (χ4n) is 1.53. The van der Waals surface area contributed by atoms with Crippen molar-refractivity contribution >= 4 is 21.9 Å². The van der Waals surface area contributed by atoms with Crippen molar-refractivity contribution in [2.75, 3.05) is 6.61 Å². The number of alkyl halides is 1. The van der Waals surface area contributed by atoms with Gasteiger partial charge in [-0.15, -0.1) is 0 Å². The van der Waals surface area contributed by atoms with E-state index in [0.29, 0.717) is 12.0 Å². The van der Waals surface area contributed by atoms with Gasteiger partial charge >= 0.3 is 5.97 Å². The van der Waals surface area contributed by atoms with Gasteiger partial charge in [-0.05, 0) is 17.0 Å². The molecule has 0 N–H and O–H groups in total. The average Bonchev–Trinajstić information content (AvgIpc) is 2.99. The molecule has 1 unspecified atom stereocenters. The van der Waals surface area contributed by atoms with Crippen molar-refractivity contribution in [2.45, 2.75) is 12.1 Å². The molecule has 0 saturated heterocycles. The summed E-state index contributed by atoms with van der Waals surface area (Å²) in [4.78, 5) is 14.0. The molecule has 0 heterocycles. The van der Waals surface area contributed by atoms with Crippen molar-refractivity contribution in [3.05, 3.63) is 35.9 Å². The lowest BCUT2D eigenvalue weighted by Gasteiger charge is -2.07. The van der Waals surface area contributed by atoms with Crippen molar-refractivity contribution in [2.24, 2.45) is 5.92 Å². The molecule has 1 aliphatic rings. The van der Waals surface area contributed by atoms with E-state index in [4.69, 9.17) is 4.74 Å². The summed E-state index contributed by atoms with van der Waals surface area (Å²) in [5, 5.41) is 0.